The average molecular weight is 301 g/mol. The Morgan fingerprint density at radius 2 is 1.06 bits per heavy atom. The minimum Gasteiger partial charge on any atom is -1.00 e. The highest BCUT2D eigenvalue weighted by Gasteiger charge is 2.34. The number of alkyl halides is 1. The SMILES string of the molecule is CCCC[P+](CCCl)(CCCC)CCCC.[Cl-]. The molecule has 0 unspecified atom stereocenters. The van der Waals surface area contributed by atoms with Gasteiger partial charge in [-0.15, -0.1) is 11.6 Å². The number of unbranched alkanes of at least 4 members (excludes halogenated alkanes) is 3. The topological polar surface area (TPSA) is 0 Å². The fourth-order valence-corrected chi connectivity index (χ4v) is 8.07. The Bertz CT molecular complexity index is 129. The highest BCUT2D eigenvalue weighted by molar-refractivity contribution is 7.76. The van der Waals surface area contributed by atoms with E-state index in [2.05, 4.69) is 20.8 Å². The Morgan fingerprint density at radius 3 is 1.29 bits per heavy atom. The maximum Gasteiger partial charge on any atom is 0.0729 e. The van der Waals surface area contributed by atoms with Crippen molar-refractivity contribution in [2.75, 3.05) is 30.5 Å². The number of rotatable bonds is 11. The summed E-state index contributed by atoms with van der Waals surface area (Å²) in [6.07, 6.45) is 14.2. The third kappa shape index (κ3) is 9.57. The first-order chi connectivity index (χ1) is 7.74. The van der Waals surface area contributed by atoms with Crippen LogP contribution in [0.4, 0.5) is 0 Å². The minimum absolute atomic E-state index is 0. The van der Waals surface area contributed by atoms with E-state index in [9.17, 15) is 0 Å². The molecule has 0 atom stereocenters. The van der Waals surface area contributed by atoms with Gasteiger partial charge >= 0.3 is 0 Å². The van der Waals surface area contributed by atoms with Crippen LogP contribution in [0.1, 0.15) is 59.3 Å². The molecule has 0 radical (unpaired) electrons. The Hall–Kier alpha value is 1.01. The molecule has 0 aliphatic rings. The lowest BCUT2D eigenvalue weighted by atomic mass is 10.4. The van der Waals surface area contributed by atoms with E-state index in [1.54, 1.807) is 0 Å². The summed E-state index contributed by atoms with van der Waals surface area (Å²) in [5.74, 6) is 0.894. The second kappa shape index (κ2) is 13.4. The van der Waals surface area contributed by atoms with Gasteiger partial charge in [-0.1, -0.05) is 40.0 Å². The van der Waals surface area contributed by atoms with Crippen molar-refractivity contribution in [1.29, 1.82) is 0 Å². The molecule has 0 aliphatic heterocycles. The predicted molar refractivity (Wildman–Crippen MR) is 81.8 cm³/mol. The molecule has 0 fully saturated rings. The van der Waals surface area contributed by atoms with Crippen molar-refractivity contribution in [3.05, 3.63) is 0 Å². The highest BCUT2D eigenvalue weighted by Crippen LogP contribution is 2.60. The largest absolute Gasteiger partial charge is 1.00 e. The van der Waals surface area contributed by atoms with E-state index < -0.39 is 7.26 Å². The molecule has 0 rings (SSSR count). The third-order valence-corrected chi connectivity index (χ3v) is 8.94. The fraction of sp³-hybridized carbons (Fsp3) is 1.00. The van der Waals surface area contributed by atoms with Gasteiger partial charge in [-0.2, -0.15) is 0 Å². The zero-order chi connectivity index (χ0) is 12.3. The fourth-order valence-electron chi connectivity index (χ4n) is 2.33. The van der Waals surface area contributed by atoms with Crippen LogP contribution >= 0.6 is 18.9 Å². The van der Waals surface area contributed by atoms with Crippen LogP contribution < -0.4 is 12.4 Å². The maximum atomic E-state index is 6.05. The first-order valence-electron chi connectivity index (χ1n) is 7.15. The standard InChI is InChI=1S/C14H31ClP.ClH/c1-4-7-11-16(14-10-15,12-8-5-2)13-9-6-3;/h4-14H2,1-3H3;1H/q+1;/p-1. The van der Waals surface area contributed by atoms with Crippen LogP contribution in [-0.2, 0) is 0 Å². The van der Waals surface area contributed by atoms with Gasteiger partial charge in [-0.25, -0.2) is 0 Å². The lowest BCUT2D eigenvalue weighted by Crippen LogP contribution is -3.00. The van der Waals surface area contributed by atoms with E-state index in [4.69, 9.17) is 11.6 Å². The number of hydrogen-bond acceptors (Lipinski definition) is 0. The molecule has 0 nitrogen and oxygen atoms in total. The van der Waals surface area contributed by atoms with Crippen LogP contribution in [-0.4, -0.2) is 30.5 Å². The summed E-state index contributed by atoms with van der Waals surface area (Å²) in [4.78, 5) is 0. The van der Waals surface area contributed by atoms with Gasteiger partial charge in [0.25, 0.3) is 0 Å². The zero-order valence-electron chi connectivity index (χ0n) is 12.0. The van der Waals surface area contributed by atoms with Crippen LogP contribution in [0.2, 0.25) is 0 Å². The molecule has 0 saturated heterocycles. The van der Waals surface area contributed by atoms with Crippen LogP contribution in [0.25, 0.3) is 0 Å². The average Bonchev–Trinajstić information content (AvgIpc) is 2.31. The van der Waals surface area contributed by atoms with E-state index >= 15 is 0 Å². The highest BCUT2D eigenvalue weighted by atomic mass is 35.5. The predicted octanol–water partition coefficient (Wildman–Crippen LogP) is 2.65. The quantitative estimate of drug-likeness (QED) is 0.406. The smallest absolute Gasteiger partial charge is 0.0729 e. The Kier molecular flexibility index (Phi) is 16.1. The van der Waals surface area contributed by atoms with Crippen LogP contribution in [0.5, 0.6) is 0 Å². The molecular weight excluding hydrogens is 270 g/mol. The van der Waals surface area contributed by atoms with E-state index in [-0.39, 0.29) is 12.4 Å². The van der Waals surface area contributed by atoms with E-state index in [0.717, 1.165) is 5.88 Å². The second-order valence-corrected chi connectivity index (χ2v) is 9.84. The molecule has 0 saturated carbocycles. The van der Waals surface area contributed by atoms with Crippen molar-refractivity contribution >= 4 is 18.9 Å². The first kappa shape index (κ1) is 20.3. The summed E-state index contributed by atoms with van der Waals surface area (Å²) in [7, 11) is -0.678. The second-order valence-electron chi connectivity index (χ2n) is 4.99. The van der Waals surface area contributed by atoms with Crippen LogP contribution in [0.15, 0.2) is 0 Å². The van der Waals surface area contributed by atoms with Gasteiger partial charge < -0.3 is 12.4 Å². The molecule has 0 aromatic carbocycles. The molecule has 0 bridgehead atoms. The van der Waals surface area contributed by atoms with E-state index in [0.29, 0.717) is 0 Å². The zero-order valence-corrected chi connectivity index (χ0v) is 14.4. The molecule has 0 N–H and O–H groups in total. The summed E-state index contributed by atoms with van der Waals surface area (Å²) in [6.45, 7) is 6.94. The van der Waals surface area contributed by atoms with E-state index in [1.165, 1.54) is 63.2 Å². The van der Waals surface area contributed by atoms with Gasteiger partial charge in [-0.3, -0.25) is 0 Å². The summed E-state index contributed by atoms with van der Waals surface area (Å²) < 4.78 is 0. The summed E-state index contributed by atoms with van der Waals surface area (Å²) in [5.41, 5.74) is 0. The van der Waals surface area contributed by atoms with Crippen molar-refractivity contribution in [3.8, 4) is 0 Å². The molecule has 0 aliphatic carbocycles. The lowest BCUT2D eigenvalue weighted by molar-refractivity contribution is -0.00000365. The van der Waals surface area contributed by atoms with Crippen molar-refractivity contribution in [2.24, 2.45) is 0 Å². The van der Waals surface area contributed by atoms with Crippen molar-refractivity contribution in [2.45, 2.75) is 59.3 Å². The summed E-state index contributed by atoms with van der Waals surface area (Å²) >= 11 is 6.05. The molecule has 0 amide bonds. The molecule has 0 spiro atoms. The van der Waals surface area contributed by atoms with Crippen molar-refractivity contribution in [3.63, 3.8) is 0 Å². The molecule has 0 aromatic rings. The van der Waals surface area contributed by atoms with Crippen LogP contribution in [0.3, 0.4) is 0 Å². The Labute approximate surface area is 121 Å². The first-order valence-corrected chi connectivity index (χ1v) is 10.2. The van der Waals surface area contributed by atoms with Gasteiger partial charge in [-0.05, 0) is 19.3 Å². The molecular formula is C14H31Cl2P. The van der Waals surface area contributed by atoms with Gasteiger partial charge in [0.05, 0.1) is 30.5 Å². The Balaban J connectivity index is 0. The molecule has 17 heavy (non-hydrogen) atoms. The van der Waals surface area contributed by atoms with Gasteiger partial charge in [0.15, 0.2) is 0 Å². The van der Waals surface area contributed by atoms with Gasteiger partial charge in [0.1, 0.15) is 0 Å². The van der Waals surface area contributed by atoms with Crippen molar-refractivity contribution in [1.82, 2.24) is 0 Å². The summed E-state index contributed by atoms with van der Waals surface area (Å²) in [6, 6.07) is 0. The molecule has 0 heterocycles. The van der Waals surface area contributed by atoms with Crippen molar-refractivity contribution < 1.29 is 12.4 Å². The number of hydrogen-bond donors (Lipinski definition) is 0. The third-order valence-electron chi connectivity index (χ3n) is 3.52. The number of halogens is 2. The lowest BCUT2D eigenvalue weighted by Gasteiger charge is -2.27. The Morgan fingerprint density at radius 1 is 0.706 bits per heavy atom. The van der Waals surface area contributed by atoms with E-state index in [1.807, 2.05) is 0 Å². The molecule has 3 heteroatoms. The molecule has 106 valence electrons. The normalized spacial score (nSPS) is 11.3. The summed E-state index contributed by atoms with van der Waals surface area (Å²) in [5, 5.41) is 0. The minimum atomic E-state index is -0.678. The van der Waals surface area contributed by atoms with Gasteiger partial charge in [0, 0.05) is 7.26 Å². The molecule has 0 aromatic heterocycles. The van der Waals surface area contributed by atoms with Crippen LogP contribution in [0, 0.1) is 0 Å². The van der Waals surface area contributed by atoms with Gasteiger partial charge in [0.2, 0.25) is 0 Å². The monoisotopic (exact) mass is 300 g/mol. The maximum absolute atomic E-state index is 6.05.